The van der Waals surface area contributed by atoms with E-state index in [-0.39, 0.29) is 0 Å². The van der Waals surface area contributed by atoms with Crippen LogP contribution in [0.5, 0.6) is 0 Å². The molecule has 4 heterocycles. The molecule has 2 spiro atoms. The SMILES string of the molecule is CC(C)N1CCC2(CCCN2)CC1.CC(C)N1CCC2(CCNC2)CC1. The topological polar surface area (TPSA) is 30.5 Å². The van der Waals surface area contributed by atoms with Gasteiger partial charge in [-0.1, -0.05) is 0 Å². The zero-order valence-electron chi connectivity index (χ0n) is 17.9. The molecule has 152 valence electrons. The maximum Gasteiger partial charge on any atom is 0.0206 e. The third-order valence-electron chi connectivity index (χ3n) is 7.74. The van der Waals surface area contributed by atoms with E-state index in [9.17, 15) is 0 Å². The molecule has 0 amide bonds. The van der Waals surface area contributed by atoms with Crippen molar-refractivity contribution in [2.45, 2.75) is 90.3 Å². The maximum atomic E-state index is 3.70. The molecular formula is C22H44N4. The van der Waals surface area contributed by atoms with Crippen molar-refractivity contribution in [3.63, 3.8) is 0 Å². The second-order valence-electron chi connectivity index (χ2n) is 10.00. The molecule has 0 atom stereocenters. The van der Waals surface area contributed by atoms with E-state index in [0.29, 0.717) is 11.0 Å². The summed E-state index contributed by atoms with van der Waals surface area (Å²) in [6.07, 6.45) is 9.78. The summed E-state index contributed by atoms with van der Waals surface area (Å²) in [4.78, 5) is 5.22. The molecule has 4 aliphatic heterocycles. The Labute approximate surface area is 162 Å². The van der Waals surface area contributed by atoms with Gasteiger partial charge in [0, 0.05) is 37.3 Å². The standard InChI is InChI=1S/2C11H22N2/c1-10(2)13-7-4-11(5-8-13)3-6-12-9-11;1-10(2)13-8-5-11(6-9-13)4-3-7-12-11/h2*10,12H,3-9H2,1-2H3. The molecular weight excluding hydrogens is 320 g/mol. The second-order valence-corrected chi connectivity index (χ2v) is 10.00. The van der Waals surface area contributed by atoms with Crippen molar-refractivity contribution in [3.8, 4) is 0 Å². The molecule has 4 nitrogen and oxygen atoms in total. The van der Waals surface area contributed by atoms with Gasteiger partial charge in [-0.3, -0.25) is 0 Å². The van der Waals surface area contributed by atoms with Crippen LogP contribution in [0.15, 0.2) is 0 Å². The van der Waals surface area contributed by atoms with Gasteiger partial charge in [0.15, 0.2) is 0 Å². The lowest BCUT2D eigenvalue weighted by Crippen LogP contribution is -2.51. The quantitative estimate of drug-likeness (QED) is 0.788. The van der Waals surface area contributed by atoms with Crippen molar-refractivity contribution < 1.29 is 0 Å². The van der Waals surface area contributed by atoms with Crippen LogP contribution >= 0.6 is 0 Å². The van der Waals surface area contributed by atoms with Gasteiger partial charge in [-0.05, 0) is 104 Å². The van der Waals surface area contributed by atoms with Crippen LogP contribution in [0.3, 0.4) is 0 Å². The normalized spacial score (nSPS) is 28.8. The molecule has 0 aromatic carbocycles. The predicted molar refractivity (Wildman–Crippen MR) is 112 cm³/mol. The molecule has 4 fully saturated rings. The molecule has 4 saturated heterocycles. The fourth-order valence-electron chi connectivity index (χ4n) is 5.50. The number of hydrogen-bond donors (Lipinski definition) is 2. The molecule has 0 radical (unpaired) electrons. The number of piperidine rings is 2. The van der Waals surface area contributed by atoms with E-state index in [4.69, 9.17) is 0 Å². The summed E-state index contributed by atoms with van der Waals surface area (Å²) in [7, 11) is 0. The van der Waals surface area contributed by atoms with Crippen LogP contribution in [-0.4, -0.2) is 73.2 Å². The average Bonchev–Trinajstić information content (AvgIpc) is 3.27. The third-order valence-corrected chi connectivity index (χ3v) is 7.74. The third kappa shape index (κ3) is 5.01. The highest BCUT2D eigenvalue weighted by Crippen LogP contribution is 2.37. The van der Waals surface area contributed by atoms with Crippen molar-refractivity contribution in [2.75, 3.05) is 45.8 Å². The highest BCUT2D eigenvalue weighted by molar-refractivity contribution is 4.97. The van der Waals surface area contributed by atoms with Gasteiger partial charge in [0.1, 0.15) is 0 Å². The van der Waals surface area contributed by atoms with Gasteiger partial charge in [0.2, 0.25) is 0 Å². The molecule has 0 aromatic rings. The van der Waals surface area contributed by atoms with E-state index < -0.39 is 0 Å². The largest absolute Gasteiger partial charge is 0.316 e. The van der Waals surface area contributed by atoms with Crippen molar-refractivity contribution in [3.05, 3.63) is 0 Å². The van der Waals surface area contributed by atoms with Crippen molar-refractivity contribution in [2.24, 2.45) is 5.41 Å². The lowest BCUT2D eigenvalue weighted by atomic mass is 9.77. The highest BCUT2D eigenvalue weighted by Gasteiger charge is 2.38. The van der Waals surface area contributed by atoms with E-state index in [1.54, 1.807) is 0 Å². The first-order valence-electron chi connectivity index (χ1n) is 11.4. The van der Waals surface area contributed by atoms with Gasteiger partial charge >= 0.3 is 0 Å². The summed E-state index contributed by atoms with van der Waals surface area (Å²) in [5.41, 5.74) is 1.23. The molecule has 2 N–H and O–H groups in total. The van der Waals surface area contributed by atoms with Gasteiger partial charge in [-0.15, -0.1) is 0 Å². The summed E-state index contributed by atoms with van der Waals surface area (Å²) in [6.45, 7) is 18.2. The molecule has 0 unspecified atom stereocenters. The molecule has 0 aliphatic carbocycles. The molecule has 0 aromatic heterocycles. The summed E-state index contributed by atoms with van der Waals surface area (Å²) in [6, 6.07) is 1.48. The smallest absolute Gasteiger partial charge is 0.0206 e. The molecule has 4 rings (SSSR count). The van der Waals surface area contributed by atoms with E-state index in [0.717, 1.165) is 12.1 Å². The fraction of sp³-hybridized carbons (Fsp3) is 1.00. The molecule has 0 saturated carbocycles. The Morgan fingerprint density at radius 3 is 1.69 bits per heavy atom. The highest BCUT2D eigenvalue weighted by atomic mass is 15.2. The van der Waals surface area contributed by atoms with Crippen LogP contribution in [-0.2, 0) is 0 Å². The molecule has 0 bridgehead atoms. The molecule has 4 aliphatic rings. The Bertz CT molecular complexity index is 362. The average molecular weight is 365 g/mol. The lowest BCUT2D eigenvalue weighted by molar-refractivity contribution is 0.0958. The van der Waals surface area contributed by atoms with Crippen molar-refractivity contribution >= 4 is 0 Å². The van der Waals surface area contributed by atoms with E-state index in [1.807, 2.05) is 0 Å². The first-order chi connectivity index (χ1) is 12.4. The maximum absolute atomic E-state index is 3.70. The summed E-state index contributed by atoms with van der Waals surface area (Å²) < 4.78 is 0. The van der Waals surface area contributed by atoms with Gasteiger partial charge in [-0.25, -0.2) is 0 Å². The van der Waals surface area contributed by atoms with Crippen LogP contribution in [0.4, 0.5) is 0 Å². The first kappa shape index (κ1) is 20.6. The number of hydrogen-bond acceptors (Lipinski definition) is 4. The predicted octanol–water partition coefficient (Wildman–Crippen LogP) is 3.08. The zero-order valence-corrected chi connectivity index (χ0v) is 17.9. The van der Waals surface area contributed by atoms with Crippen LogP contribution in [0, 0.1) is 5.41 Å². The fourth-order valence-corrected chi connectivity index (χ4v) is 5.50. The zero-order chi connectivity index (χ0) is 18.6. The van der Waals surface area contributed by atoms with Crippen molar-refractivity contribution in [1.29, 1.82) is 0 Å². The van der Waals surface area contributed by atoms with Gasteiger partial charge in [-0.2, -0.15) is 0 Å². The first-order valence-corrected chi connectivity index (χ1v) is 11.4. The van der Waals surface area contributed by atoms with E-state index in [1.165, 1.54) is 90.8 Å². The minimum Gasteiger partial charge on any atom is -0.316 e. The monoisotopic (exact) mass is 364 g/mol. The Kier molecular flexibility index (Phi) is 7.04. The Morgan fingerprint density at radius 2 is 1.27 bits per heavy atom. The minimum absolute atomic E-state index is 0.547. The second kappa shape index (κ2) is 8.89. The number of nitrogens with one attached hydrogen (secondary N) is 2. The Morgan fingerprint density at radius 1 is 0.692 bits per heavy atom. The van der Waals surface area contributed by atoms with Crippen molar-refractivity contribution in [1.82, 2.24) is 20.4 Å². The van der Waals surface area contributed by atoms with Gasteiger partial charge < -0.3 is 20.4 Å². The van der Waals surface area contributed by atoms with E-state index in [2.05, 4.69) is 48.1 Å². The Balaban J connectivity index is 0.000000151. The Hall–Kier alpha value is -0.160. The minimum atomic E-state index is 0.547. The molecule has 26 heavy (non-hydrogen) atoms. The number of rotatable bonds is 2. The van der Waals surface area contributed by atoms with Crippen LogP contribution in [0.1, 0.15) is 72.6 Å². The summed E-state index contributed by atoms with van der Waals surface area (Å²) in [5.74, 6) is 0. The van der Waals surface area contributed by atoms with E-state index >= 15 is 0 Å². The summed E-state index contributed by atoms with van der Waals surface area (Å²) >= 11 is 0. The number of nitrogens with zero attached hydrogens (tertiary/aromatic N) is 2. The number of likely N-dealkylation sites (tertiary alicyclic amines) is 2. The van der Waals surface area contributed by atoms with Gasteiger partial charge in [0.05, 0.1) is 0 Å². The summed E-state index contributed by atoms with van der Waals surface area (Å²) in [5, 5.41) is 7.21. The van der Waals surface area contributed by atoms with Gasteiger partial charge in [0.25, 0.3) is 0 Å². The lowest BCUT2D eigenvalue weighted by Gasteiger charge is -2.41. The van der Waals surface area contributed by atoms with Crippen LogP contribution in [0.2, 0.25) is 0 Å². The van der Waals surface area contributed by atoms with Crippen LogP contribution in [0.25, 0.3) is 0 Å². The molecule has 4 heteroatoms. The van der Waals surface area contributed by atoms with Crippen LogP contribution < -0.4 is 10.6 Å².